The highest BCUT2D eigenvalue weighted by atomic mass is 35.5. The maximum absolute atomic E-state index is 12.9. The maximum Gasteiger partial charge on any atom is 0.278 e. The van der Waals surface area contributed by atoms with Gasteiger partial charge < -0.3 is 4.74 Å². The number of hydrogen-bond donors (Lipinski definition) is 0. The number of rotatable bonds is 2. The van der Waals surface area contributed by atoms with E-state index in [0.717, 1.165) is 5.56 Å². The van der Waals surface area contributed by atoms with Crippen LogP contribution in [0.15, 0.2) is 41.9 Å². The second-order valence-corrected chi connectivity index (χ2v) is 6.97. The van der Waals surface area contributed by atoms with Gasteiger partial charge in [0.1, 0.15) is 23.0 Å². The van der Waals surface area contributed by atoms with Gasteiger partial charge in [-0.3, -0.25) is 9.69 Å². The Morgan fingerprint density at radius 1 is 1.24 bits per heavy atom. The zero-order chi connectivity index (χ0) is 17.4. The first kappa shape index (κ1) is 16.3. The number of carbonyl (C=O) groups is 1. The number of thiazole rings is 1. The molecule has 0 spiro atoms. The second kappa shape index (κ2) is 6.63. The van der Waals surface area contributed by atoms with E-state index in [2.05, 4.69) is 9.97 Å². The first-order valence-corrected chi connectivity index (χ1v) is 9.07. The van der Waals surface area contributed by atoms with Crippen molar-refractivity contribution in [3.05, 3.63) is 57.6 Å². The van der Waals surface area contributed by atoms with Crippen molar-refractivity contribution in [2.24, 2.45) is 0 Å². The minimum absolute atomic E-state index is 0.180. The number of ether oxygens (including phenoxy) is 1. The number of pyridine rings is 1. The van der Waals surface area contributed by atoms with Crippen LogP contribution >= 0.6 is 34.5 Å². The van der Waals surface area contributed by atoms with E-state index in [1.807, 2.05) is 12.1 Å². The average Bonchev–Trinajstić information content (AvgIpc) is 3.13. The monoisotopic (exact) mass is 391 g/mol. The molecule has 2 aromatic heterocycles. The first-order chi connectivity index (χ1) is 12.1. The number of nitrogens with zero attached hydrogens (tertiary/aromatic N) is 3. The van der Waals surface area contributed by atoms with E-state index >= 15 is 0 Å². The van der Waals surface area contributed by atoms with E-state index in [4.69, 9.17) is 27.9 Å². The third-order valence-electron chi connectivity index (χ3n) is 3.73. The summed E-state index contributed by atoms with van der Waals surface area (Å²) in [6.45, 7) is 0.858. The van der Waals surface area contributed by atoms with Crippen LogP contribution < -0.4 is 9.64 Å². The lowest BCUT2D eigenvalue weighted by molar-refractivity contribution is 0.0971. The summed E-state index contributed by atoms with van der Waals surface area (Å²) >= 11 is 13.4. The number of aromatic nitrogens is 2. The van der Waals surface area contributed by atoms with Crippen LogP contribution in [0.5, 0.6) is 5.88 Å². The van der Waals surface area contributed by atoms with Crippen molar-refractivity contribution in [2.45, 2.75) is 0 Å². The molecule has 0 saturated carbocycles. The number of carbonyl (C=O) groups excluding carboxylic acids is 1. The molecule has 5 nitrogen and oxygen atoms in total. The number of benzene rings is 1. The molecule has 3 heterocycles. The summed E-state index contributed by atoms with van der Waals surface area (Å²) in [5.41, 5.74) is 1.85. The molecule has 0 N–H and O–H groups in total. The second-order valence-electron chi connectivity index (χ2n) is 5.30. The molecule has 8 heteroatoms. The maximum atomic E-state index is 12.9. The number of anilines is 1. The molecule has 4 rings (SSSR count). The molecule has 0 atom stereocenters. The SMILES string of the molecule is O=C(c1csc(-c2ccc(Cl)c(Cl)c2)n1)N1CCOc2ncccc21. The van der Waals surface area contributed by atoms with Gasteiger partial charge in [0.05, 0.1) is 16.6 Å². The van der Waals surface area contributed by atoms with Crippen molar-refractivity contribution in [3.63, 3.8) is 0 Å². The topological polar surface area (TPSA) is 55.3 Å². The zero-order valence-corrected chi connectivity index (χ0v) is 15.1. The Bertz CT molecular complexity index is 961. The first-order valence-electron chi connectivity index (χ1n) is 7.44. The van der Waals surface area contributed by atoms with Gasteiger partial charge in [-0.2, -0.15) is 0 Å². The van der Waals surface area contributed by atoms with E-state index in [1.165, 1.54) is 11.3 Å². The van der Waals surface area contributed by atoms with Crippen LogP contribution in [0, 0.1) is 0 Å². The molecule has 1 amide bonds. The van der Waals surface area contributed by atoms with E-state index < -0.39 is 0 Å². The summed E-state index contributed by atoms with van der Waals surface area (Å²) in [7, 11) is 0. The summed E-state index contributed by atoms with van der Waals surface area (Å²) in [5.74, 6) is 0.280. The molecule has 1 aromatic carbocycles. The van der Waals surface area contributed by atoms with Crippen LogP contribution in [-0.2, 0) is 0 Å². The van der Waals surface area contributed by atoms with E-state index in [0.29, 0.717) is 45.5 Å². The molecule has 1 aliphatic rings. The Labute approximate surface area is 157 Å². The van der Waals surface area contributed by atoms with Gasteiger partial charge in [0, 0.05) is 17.1 Å². The quantitative estimate of drug-likeness (QED) is 0.642. The standard InChI is InChI=1S/C17H11Cl2N3O2S/c18-11-4-3-10(8-12(11)19)16-21-13(9-25-16)17(23)22-6-7-24-15-14(22)2-1-5-20-15/h1-5,8-9H,6-7H2. The normalized spacial score (nSPS) is 13.3. The molecule has 3 aromatic rings. The minimum atomic E-state index is -0.180. The molecular formula is C17H11Cl2N3O2S. The van der Waals surface area contributed by atoms with Gasteiger partial charge in [0.2, 0.25) is 5.88 Å². The highest BCUT2D eigenvalue weighted by Gasteiger charge is 2.27. The highest BCUT2D eigenvalue weighted by molar-refractivity contribution is 7.13. The molecule has 0 aliphatic carbocycles. The summed E-state index contributed by atoms with van der Waals surface area (Å²) in [4.78, 5) is 23.1. The van der Waals surface area contributed by atoms with E-state index in [-0.39, 0.29) is 5.91 Å². The predicted molar refractivity (Wildman–Crippen MR) is 99.0 cm³/mol. The Morgan fingerprint density at radius 3 is 2.96 bits per heavy atom. The van der Waals surface area contributed by atoms with E-state index in [1.54, 1.807) is 34.7 Å². The summed E-state index contributed by atoms with van der Waals surface area (Å²) in [6.07, 6.45) is 1.64. The van der Waals surface area contributed by atoms with Crippen LogP contribution in [0.2, 0.25) is 10.0 Å². The Morgan fingerprint density at radius 2 is 2.12 bits per heavy atom. The molecule has 1 aliphatic heterocycles. The molecule has 0 unspecified atom stereocenters. The minimum Gasteiger partial charge on any atom is -0.474 e. The van der Waals surface area contributed by atoms with E-state index in [9.17, 15) is 4.79 Å². The number of fused-ring (bicyclic) bond motifs is 1. The van der Waals surface area contributed by atoms with Crippen LogP contribution in [-0.4, -0.2) is 29.0 Å². The fourth-order valence-electron chi connectivity index (χ4n) is 2.54. The van der Waals surface area contributed by atoms with Gasteiger partial charge >= 0.3 is 0 Å². The third-order valence-corrected chi connectivity index (χ3v) is 5.36. The van der Waals surface area contributed by atoms with Crippen LogP contribution in [0.3, 0.4) is 0 Å². The average molecular weight is 392 g/mol. The molecule has 25 heavy (non-hydrogen) atoms. The lowest BCUT2D eigenvalue weighted by atomic mass is 10.2. The molecule has 126 valence electrons. The van der Waals surface area contributed by atoms with Crippen molar-refractivity contribution in [2.75, 3.05) is 18.1 Å². The van der Waals surface area contributed by atoms with Crippen molar-refractivity contribution >= 4 is 46.1 Å². The van der Waals surface area contributed by atoms with Gasteiger partial charge in [-0.25, -0.2) is 9.97 Å². The van der Waals surface area contributed by atoms with Crippen LogP contribution in [0.25, 0.3) is 10.6 Å². The van der Waals surface area contributed by atoms with Gasteiger partial charge in [-0.05, 0) is 24.3 Å². The smallest absolute Gasteiger partial charge is 0.278 e. The largest absolute Gasteiger partial charge is 0.474 e. The van der Waals surface area contributed by atoms with Crippen LogP contribution in [0.1, 0.15) is 10.5 Å². The predicted octanol–water partition coefficient (Wildman–Crippen LogP) is 4.55. The van der Waals surface area contributed by atoms with Crippen molar-refractivity contribution in [1.82, 2.24) is 9.97 Å². The summed E-state index contributed by atoms with van der Waals surface area (Å²) < 4.78 is 5.49. The van der Waals surface area contributed by atoms with Gasteiger partial charge in [-0.15, -0.1) is 11.3 Å². The van der Waals surface area contributed by atoms with Crippen molar-refractivity contribution in [1.29, 1.82) is 0 Å². The van der Waals surface area contributed by atoms with Gasteiger partial charge in [0.25, 0.3) is 5.91 Å². The Kier molecular flexibility index (Phi) is 4.33. The third kappa shape index (κ3) is 3.08. The van der Waals surface area contributed by atoms with Gasteiger partial charge in [0.15, 0.2) is 0 Å². The van der Waals surface area contributed by atoms with Crippen LogP contribution in [0.4, 0.5) is 5.69 Å². The van der Waals surface area contributed by atoms with Crippen molar-refractivity contribution in [3.8, 4) is 16.5 Å². The lowest BCUT2D eigenvalue weighted by Gasteiger charge is -2.27. The van der Waals surface area contributed by atoms with Crippen molar-refractivity contribution < 1.29 is 9.53 Å². The number of amides is 1. The molecule has 0 saturated heterocycles. The Balaban J connectivity index is 1.64. The lowest BCUT2D eigenvalue weighted by Crippen LogP contribution is -2.38. The zero-order valence-electron chi connectivity index (χ0n) is 12.8. The molecule has 0 radical (unpaired) electrons. The molecular weight excluding hydrogens is 381 g/mol. The van der Waals surface area contributed by atoms with Gasteiger partial charge in [-0.1, -0.05) is 29.3 Å². The Hall–Kier alpha value is -2.15. The summed E-state index contributed by atoms with van der Waals surface area (Å²) in [5, 5.41) is 3.39. The number of hydrogen-bond acceptors (Lipinski definition) is 5. The highest BCUT2D eigenvalue weighted by Crippen LogP contribution is 2.32. The number of halogens is 2. The fourth-order valence-corrected chi connectivity index (χ4v) is 3.62. The fraction of sp³-hybridized carbons (Fsp3) is 0.118. The molecule has 0 bridgehead atoms. The molecule has 0 fully saturated rings. The summed E-state index contributed by atoms with van der Waals surface area (Å²) in [6, 6.07) is 8.87.